The molecule has 0 spiro atoms. The predicted octanol–water partition coefficient (Wildman–Crippen LogP) is 5.60. The van der Waals surface area contributed by atoms with Crippen molar-refractivity contribution in [2.75, 3.05) is 44.7 Å². The second-order valence-electron chi connectivity index (χ2n) is 9.82. The van der Waals surface area contributed by atoms with Crippen LogP contribution in [0.15, 0.2) is 24.3 Å². The molecule has 4 heteroatoms. The van der Waals surface area contributed by atoms with Crippen LogP contribution in [0.3, 0.4) is 0 Å². The first-order chi connectivity index (χ1) is 14.9. The molecule has 0 bridgehead atoms. The van der Waals surface area contributed by atoms with E-state index in [2.05, 4.69) is 59.9 Å². The molecule has 1 fully saturated rings. The van der Waals surface area contributed by atoms with Crippen LogP contribution in [0.5, 0.6) is 0 Å². The highest BCUT2D eigenvalue weighted by Crippen LogP contribution is 2.19. The van der Waals surface area contributed by atoms with E-state index in [9.17, 15) is 4.79 Å². The molecule has 0 N–H and O–H groups in total. The summed E-state index contributed by atoms with van der Waals surface area (Å²) in [6.45, 7) is 15.4. The van der Waals surface area contributed by atoms with Crippen molar-refractivity contribution in [3.05, 3.63) is 29.8 Å². The number of piperazine rings is 1. The number of carbonyl (C=O) groups is 1. The summed E-state index contributed by atoms with van der Waals surface area (Å²) >= 11 is 0. The fraction of sp³-hybridized carbons (Fsp3) is 0.741. The highest BCUT2D eigenvalue weighted by atomic mass is 16.1. The van der Waals surface area contributed by atoms with Crippen molar-refractivity contribution in [2.24, 2.45) is 5.92 Å². The molecule has 2 rings (SSSR count). The average molecular weight is 430 g/mol. The average Bonchev–Trinajstić information content (AvgIpc) is 2.78. The number of Topliss-reactive ketones (excluding diaryl/α,β-unsaturated/α-hetero) is 1. The third-order valence-corrected chi connectivity index (χ3v) is 6.89. The van der Waals surface area contributed by atoms with E-state index in [0.717, 1.165) is 39.0 Å². The lowest BCUT2D eigenvalue weighted by Crippen LogP contribution is -2.49. The maximum Gasteiger partial charge on any atom is 0.135 e. The summed E-state index contributed by atoms with van der Waals surface area (Å²) in [5, 5.41) is 0. The Morgan fingerprint density at radius 2 is 1.55 bits per heavy atom. The maximum atomic E-state index is 11.6. The molecular weight excluding hydrogens is 382 g/mol. The lowest BCUT2D eigenvalue weighted by Gasteiger charge is -2.39. The smallest absolute Gasteiger partial charge is 0.135 e. The zero-order chi connectivity index (χ0) is 22.6. The van der Waals surface area contributed by atoms with Gasteiger partial charge in [-0.15, -0.1) is 0 Å². The molecule has 1 aromatic carbocycles. The molecule has 0 saturated carbocycles. The molecule has 1 unspecified atom stereocenters. The van der Waals surface area contributed by atoms with Gasteiger partial charge in [-0.2, -0.15) is 0 Å². The molecule has 1 saturated heterocycles. The lowest BCUT2D eigenvalue weighted by atomic mass is 10.0. The Morgan fingerprint density at radius 3 is 2.16 bits per heavy atom. The minimum absolute atomic E-state index is 0.197. The van der Waals surface area contributed by atoms with E-state index >= 15 is 0 Å². The predicted molar refractivity (Wildman–Crippen MR) is 134 cm³/mol. The van der Waals surface area contributed by atoms with Crippen molar-refractivity contribution in [1.82, 2.24) is 9.80 Å². The molecule has 31 heavy (non-hydrogen) atoms. The molecule has 176 valence electrons. The highest BCUT2D eigenvalue weighted by molar-refractivity contribution is 5.80. The van der Waals surface area contributed by atoms with Crippen LogP contribution in [0.1, 0.15) is 78.2 Å². The van der Waals surface area contributed by atoms with Crippen molar-refractivity contribution in [3.8, 4) is 0 Å². The van der Waals surface area contributed by atoms with E-state index in [1.807, 2.05) is 13.8 Å². The second-order valence-corrected chi connectivity index (χ2v) is 9.82. The summed E-state index contributed by atoms with van der Waals surface area (Å²) in [6.07, 6.45) is 8.01. The van der Waals surface area contributed by atoms with E-state index in [0.29, 0.717) is 11.8 Å². The van der Waals surface area contributed by atoms with Gasteiger partial charge in [-0.1, -0.05) is 52.2 Å². The minimum Gasteiger partial charge on any atom is -0.369 e. The number of unbranched alkanes of at least 4 members (excludes halogenated alkanes) is 4. The Balaban J connectivity index is 1.60. The Morgan fingerprint density at radius 1 is 0.935 bits per heavy atom. The summed E-state index contributed by atoms with van der Waals surface area (Å²) in [7, 11) is 2.23. The summed E-state index contributed by atoms with van der Waals surface area (Å²) in [6, 6.07) is 9.92. The number of benzene rings is 1. The standard InChI is InChI=1S/C27H47N3O/c1-6-24(4)29-18-20-30(21-19-29)26-15-13-25(14-16-26)22-28(5)17-11-9-7-8-10-12-27(31)23(2)3/h13-16,23-24H,6-12,17-22H2,1-5H3. The largest absolute Gasteiger partial charge is 0.369 e. The van der Waals surface area contributed by atoms with Crippen molar-refractivity contribution in [3.63, 3.8) is 0 Å². The first kappa shape index (κ1) is 25.9. The molecule has 1 aliphatic rings. The zero-order valence-electron chi connectivity index (χ0n) is 20.9. The molecular formula is C27H47N3O. The van der Waals surface area contributed by atoms with Gasteiger partial charge < -0.3 is 9.80 Å². The fourth-order valence-electron chi connectivity index (χ4n) is 4.38. The van der Waals surface area contributed by atoms with Crippen molar-refractivity contribution < 1.29 is 4.79 Å². The SMILES string of the molecule is CCC(C)N1CCN(c2ccc(CN(C)CCCCCCCC(=O)C(C)C)cc2)CC1. The van der Waals surface area contributed by atoms with Gasteiger partial charge in [-0.05, 0) is 57.5 Å². The zero-order valence-corrected chi connectivity index (χ0v) is 20.9. The topological polar surface area (TPSA) is 26.8 Å². The van der Waals surface area contributed by atoms with E-state index in [1.54, 1.807) is 0 Å². The van der Waals surface area contributed by atoms with Crippen molar-refractivity contribution in [2.45, 2.75) is 85.2 Å². The summed E-state index contributed by atoms with van der Waals surface area (Å²) in [5.74, 6) is 0.613. The Hall–Kier alpha value is -1.39. The number of carbonyl (C=O) groups excluding carboxylic acids is 1. The van der Waals surface area contributed by atoms with Gasteiger partial charge in [0.15, 0.2) is 0 Å². The number of hydrogen-bond donors (Lipinski definition) is 0. The van der Waals surface area contributed by atoms with Crippen molar-refractivity contribution in [1.29, 1.82) is 0 Å². The third kappa shape index (κ3) is 9.33. The third-order valence-electron chi connectivity index (χ3n) is 6.89. The van der Waals surface area contributed by atoms with Crippen LogP contribution in [0.4, 0.5) is 5.69 Å². The van der Waals surface area contributed by atoms with Gasteiger partial charge in [-0.3, -0.25) is 9.69 Å². The normalized spacial score (nSPS) is 16.3. The van der Waals surface area contributed by atoms with Gasteiger partial charge in [-0.25, -0.2) is 0 Å². The Kier molecular flexibility index (Phi) is 11.6. The minimum atomic E-state index is 0.197. The van der Waals surface area contributed by atoms with E-state index < -0.39 is 0 Å². The van der Waals surface area contributed by atoms with Gasteiger partial charge in [0.05, 0.1) is 0 Å². The van der Waals surface area contributed by atoms with Crippen molar-refractivity contribution >= 4 is 11.5 Å². The van der Waals surface area contributed by atoms with Crippen LogP contribution < -0.4 is 4.90 Å². The molecule has 1 aliphatic heterocycles. The van der Waals surface area contributed by atoms with Crippen LogP contribution in [0, 0.1) is 5.92 Å². The first-order valence-electron chi connectivity index (χ1n) is 12.7. The number of hydrogen-bond acceptors (Lipinski definition) is 4. The van der Waals surface area contributed by atoms with E-state index in [1.165, 1.54) is 56.4 Å². The highest BCUT2D eigenvalue weighted by Gasteiger charge is 2.20. The Labute approximate surface area is 192 Å². The maximum absolute atomic E-state index is 11.6. The summed E-state index contributed by atoms with van der Waals surface area (Å²) < 4.78 is 0. The number of rotatable bonds is 14. The molecule has 0 amide bonds. The molecule has 0 radical (unpaired) electrons. The van der Waals surface area contributed by atoms with Crippen LogP contribution in [0.25, 0.3) is 0 Å². The lowest BCUT2D eigenvalue weighted by molar-refractivity contribution is -0.122. The van der Waals surface area contributed by atoms with E-state index in [-0.39, 0.29) is 5.92 Å². The fourth-order valence-corrected chi connectivity index (χ4v) is 4.38. The molecule has 0 aromatic heterocycles. The van der Waals surface area contributed by atoms with Gasteiger partial charge >= 0.3 is 0 Å². The van der Waals surface area contributed by atoms with Crippen LogP contribution in [0.2, 0.25) is 0 Å². The second kappa shape index (κ2) is 13.9. The Bertz CT molecular complexity index is 620. The molecule has 0 aliphatic carbocycles. The van der Waals surface area contributed by atoms with Crippen LogP contribution >= 0.6 is 0 Å². The molecule has 4 nitrogen and oxygen atoms in total. The van der Waals surface area contributed by atoms with Gasteiger partial charge in [0.2, 0.25) is 0 Å². The molecule has 1 heterocycles. The van der Waals surface area contributed by atoms with Crippen LogP contribution in [-0.4, -0.2) is 61.4 Å². The summed E-state index contributed by atoms with van der Waals surface area (Å²) in [4.78, 5) is 19.2. The first-order valence-corrected chi connectivity index (χ1v) is 12.7. The van der Waals surface area contributed by atoms with Gasteiger partial charge in [0.25, 0.3) is 0 Å². The summed E-state index contributed by atoms with van der Waals surface area (Å²) in [5.41, 5.74) is 2.77. The quantitative estimate of drug-likeness (QED) is 0.359. The van der Waals surface area contributed by atoms with Gasteiger partial charge in [0, 0.05) is 56.8 Å². The van der Waals surface area contributed by atoms with E-state index in [4.69, 9.17) is 0 Å². The number of anilines is 1. The monoisotopic (exact) mass is 429 g/mol. The molecule has 1 aromatic rings. The molecule has 1 atom stereocenters. The number of nitrogens with zero attached hydrogens (tertiary/aromatic N) is 3. The van der Waals surface area contributed by atoms with Crippen LogP contribution in [-0.2, 0) is 11.3 Å². The van der Waals surface area contributed by atoms with Gasteiger partial charge in [0.1, 0.15) is 5.78 Å². The number of ketones is 1.